The van der Waals surface area contributed by atoms with E-state index in [2.05, 4.69) is 6.58 Å². The van der Waals surface area contributed by atoms with Crippen LogP contribution in [0.15, 0.2) is 66.1 Å². The standard InChI is InChI=1S/C31H29FN4O4/c1-3-28(38)35-14-21(15-35)26-11-19-9-18(17-7-8-17)10-24(32)29(19)31(40)36(26)25-6-4-5-22(23(25)16-37)20-12-27(30(33)39)34(2)13-20/h3-6,9-13,17,21,37H,1,7-8,14-16H2,2H3,(H2,33,39). The number of pyridine rings is 1. The first-order valence-corrected chi connectivity index (χ1v) is 13.2. The van der Waals surface area contributed by atoms with E-state index >= 15 is 4.39 Å². The van der Waals surface area contributed by atoms with E-state index in [1.54, 1.807) is 47.0 Å². The van der Waals surface area contributed by atoms with Crippen LogP contribution in [0, 0.1) is 5.82 Å². The fourth-order valence-corrected chi connectivity index (χ4v) is 5.80. The number of carbonyl (C=O) groups is 2. The van der Waals surface area contributed by atoms with Gasteiger partial charge in [-0.2, -0.15) is 0 Å². The lowest BCUT2D eigenvalue weighted by Gasteiger charge is -2.40. The average molecular weight is 541 g/mol. The summed E-state index contributed by atoms with van der Waals surface area (Å²) in [6.07, 6.45) is 4.99. The molecule has 204 valence electrons. The zero-order chi connectivity index (χ0) is 28.3. The van der Waals surface area contributed by atoms with Crippen molar-refractivity contribution in [2.75, 3.05) is 13.1 Å². The lowest BCUT2D eigenvalue weighted by molar-refractivity contribution is -0.130. The number of aliphatic hydroxyl groups excluding tert-OH is 1. The maximum absolute atomic E-state index is 15.5. The molecule has 0 spiro atoms. The number of aromatic nitrogens is 2. The average Bonchev–Trinajstić information content (AvgIpc) is 3.68. The Labute approximate surface area is 229 Å². The van der Waals surface area contributed by atoms with Crippen LogP contribution in [-0.2, 0) is 18.4 Å². The van der Waals surface area contributed by atoms with Crippen LogP contribution in [0.5, 0.6) is 0 Å². The van der Waals surface area contributed by atoms with Crippen molar-refractivity contribution in [2.45, 2.75) is 31.3 Å². The lowest BCUT2D eigenvalue weighted by Crippen LogP contribution is -2.49. The van der Waals surface area contributed by atoms with Gasteiger partial charge in [-0.25, -0.2) is 4.39 Å². The second-order valence-electron chi connectivity index (χ2n) is 10.6. The van der Waals surface area contributed by atoms with E-state index in [9.17, 15) is 19.5 Å². The zero-order valence-corrected chi connectivity index (χ0v) is 22.1. The van der Waals surface area contributed by atoms with Crippen LogP contribution in [0.1, 0.15) is 52.0 Å². The first-order chi connectivity index (χ1) is 19.2. The number of halogens is 1. The number of primary amides is 1. The molecule has 2 fully saturated rings. The lowest BCUT2D eigenvalue weighted by atomic mass is 9.92. The highest BCUT2D eigenvalue weighted by molar-refractivity contribution is 5.93. The molecule has 6 rings (SSSR count). The summed E-state index contributed by atoms with van der Waals surface area (Å²) in [7, 11) is 1.70. The predicted octanol–water partition coefficient (Wildman–Crippen LogP) is 3.72. The molecule has 1 saturated heterocycles. The summed E-state index contributed by atoms with van der Waals surface area (Å²) in [4.78, 5) is 39.8. The van der Waals surface area contributed by atoms with Crippen LogP contribution < -0.4 is 11.3 Å². The fraction of sp³-hybridized carbons (Fsp3) is 0.258. The topological polar surface area (TPSA) is 111 Å². The molecule has 2 aromatic heterocycles. The maximum atomic E-state index is 15.5. The molecule has 1 aliphatic carbocycles. The van der Waals surface area contributed by atoms with Crippen molar-refractivity contribution < 1.29 is 19.1 Å². The van der Waals surface area contributed by atoms with Gasteiger partial charge in [0.25, 0.3) is 11.5 Å². The molecule has 2 aromatic carbocycles. The van der Waals surface area contributed by atoms with Gasteiger partial charge in [-0.3, -0.25) is 19.0 Å². The molecular formula is C31H29FN4O4. The summed E-state index contributed by atoms with van der Waals surface area (Å²) >= 11 is 0. The van der Waals surface area contributed by atoms with E-state index in [-0.39, 0.29) is 17.2 Å². The normalized spacial score (nSPS) is 15.3. The van der Waals surface area contributed by atoms with Crippen LogP contribution in [0.25, 0.3) is 27.6 Å². The molecule has 4 aromatic rings. The SMILES string of the molecule is C=CC(=O)N1CC(c2cc3cc(C4CC4)cc(F)c3c(=O)n2-c2cccc(-c3cc(C(N)=O)n(C)c3)c2CO)C1. The first-order valence-electron chi connectivity index (χ1n) is 13.2. The van der Waals surface area contributed by atoms with E-state index in [1.807, 2.05) is 12.1 Å². The van der Waals surface area contributed by atoms with Gasteiger partial charge in [0, 0.05) is 49.1 Å². The number of nitrogens with zero attached hydrogens (tertiary/aromatic N) is 3. The summed E-state index contributed by atoms with van der Waals surface area (Å²) < 4.78 is 18.6. The highest BCUT2D eigenvalue weighted by Gasteiger charge is 2.34. The second kappa shape index (κ2) is 9.60. The molecule has 1 aliphatic heterocycles. The van der Waals surface area contributed by atoms with Gasteiger partial charge in [0.05, 0.1) is 17.7 Å². The van der Waals surface area contributed by atoms with Crippen molar-refractivity contribution in [2.24, 2.45) is 12.8 Å². The van der Waals surface area contributed by atoms with Gasteiger partial charge in [-0.1, -0.05) is 24.8 Å². The molecule has 9 heteroatoms. The van der Waals surface area contributed by atoms with Gasteiger partial charge in [0.15, 0.2) is 0 Å². The molecule has 8 nitrogen and oxygen atoms in total. The predicted molar refractivity (Wildman–Crippen MR) is 150 cm³/mol. The minimum Gasteiger partial charge on any atom is -0.392 e. The molecule has 0 atom stereocenters. The van der Waals surface area contributed by atoms with E-state index < -0.39 is 23.9 Å². The number of hydrogen-bond acceptors (Lipinski definition) is 4. The molecule has 2 aliphatic rings. The molecule has 3 heterocycles. The number of benzene rings is 2. The van der Waals surface area contributed by atoms with E-state index in [0.29, 0.717) is 58.2 Å². The summed E-state index contributed by atoms with van der Waals surface area (Å²) in [5.41, 5.74) is 8.91. The third kappa shape index (κ3) is 4.14. The minimum atomic E-state index is -0.590. The highest BCUT2D eigenvalue weighted by atomic mass is 19.1. The maximum Gasteiger partial charge on any atom is 0.266 e. The number of hydrogen-bond donors (Lipinski definition) is 2. The number of likely N-dealkylation sites (tertiary alicyclic amines) is 1. The number of fused-ring (bicyclic) bond motifs is 1. The van der Waals surface area contributed by atoms with Gasteiger partial charge >= 0.3 is 0 Å². The molecule has 0 unspecified atom stereocenters. The van der Waals surface area contributed by atoms with Gasteiger partial charge in [-0.15, -0.1) is 0 Å². The quantitative estimate of drug-likeness (QED) is 0.348. The number of carbonyl (C=O) groups excluding carboxylic acids is 2. The Morgan fingerprint density at radius 3 is 2.52 bits per heavy atom. The Morgan fingerprint density at radius 2 is 1.90 bits per heavy atom. The highest BCUT2D eigenvalue weighted by Crippen LogP contribution is 2.42. The van der Waals surface area contributed by atoms with Gasteiger partial charge in [-0.05, 0) is 65.6 Å². The van der Waals surface area contributed by atoms with Gasteiger partial charge < -0.3 is 20.3 Å². The summed E-state index contributed by atoms with van der Waals surface area (Å²) in [6.45, 7) is 3.91. The van der Waals surface area contributed by atoms with E-state index in [4.69, 9.17) is 5.73 Å². The van der Waals surface area contributed by atoms with Crippen molar-refractivity contribution in [1.29, 1.82) is 0 Å². The van der Waals surface area contributed by atoms with Crippen LogP contribution in [-0.4, -0.2) is 44.0 Å². The second-order valence-corrected chi connectivity index (χ2v) is 10.6. The first kappa shape index (κ1) is 25.8. The third-order valence-corrected chi connectivity index (χ3v) is 8.08. The van der Waals surface area contributed by atoms with Gasteiger partial charge in [0.2, 0.25) is 5.91 Å². The number of aliphatic hydroxyl groups is 1. The van der Waals surface area contributed by atoms with Crippen LogP contribution in [0.2, 0.25) is 0 Å². The number of nitrogens with two attached hydrogens (primary N) is 1. The van der Waals surface area contributed by atoms with Crippen LogP contribution in [0.3, 0.4) is 0 Å². The smallest absolute Gasteiger partial charge is 0.266 e. The number of aryl methyl sites for hydroxylation is 1. The molecule has 3 N–H and O–H groups in total. The Bertz CT molecular complexity index is 1780. The monoisotopic (exact) mass is 540 g/mol. The minimum absolute atomic E-state index is 0.0171. The van der Waals surface area contributed by atoms with Crippen molar-refractivity contribution in [3.63, 3.8) is 0 Å². The van der Waals surface area contributed by atoms with Crippen molar-refractivity contribution in [1.82, 2.24) is 14.0 Å². The number of amides is 2. The molecular weight excluding hydrogens is 511 g/mol. The van der Waals surface area contributed by atoms with Crippen molar-refractivity contribution >= 4 is 22.6 Å². The van der Waals surface area contributed by atoms with E-state index in [0.717, 1.165) is 18.4 Å². The van der Waals surface area contributed by atoms with Gasteiger partial charge in [0.1, 0.15) is 11.5 Å². The zero-order valence-electron chi connectivity index (χ0n) is 22.1. The van der Waals surface area contributed by atoms with Crippen molar-refractivity contribution in [3.8, 4) is 16.8 Å². The van der Waals surface area contributed by atoms with Crippen molar-refractivity contribution in [3.05, 3.63) is 100 Å². The molecule has 0 bridgehead atoms. The Balaban J connectivity index is 1.58. The Kier molecular flexibility index (Phi) is 6.18. The summed E-state index contributed by atoms with van der Waals surface area (Å²) in [6, 6.07) is 12.1. The molecule has 0 radical (unpaired) electrons. The fourth-order valence-electron chi connectivity index (χ4n) is 5.80. The third-order valence-electron chi connectivity index (χ3n) is 8.08. The molecule has 1 saturated carbocycles. The summed E-state index contributed by atoms with van der Waals surface area (Å²) in [5.74, 6) is -1.23. The Hall–Kier alpha value is -4.50. The van der Waals surface area contributed by atoms with Crippen LogP contribution in [0.4, 0.5) is 4.39 Å². The Morgan fingerprint density at radius 1 is 1.15 bits per heavy atom. The number of rotatable bonds is 7. The largest absolute Gasteiger partial charge is 0.392 e. The van der Waals surface area contributed by atoms with E-state index in [1.165, 1.54) is 16.7 Å². The molecule has 40 heavy (non-hydrogen) atoms. The van der Waals surface area contributed by atoms with Crippen LogP contribution >= 0.6 is 0 Å². The molecule has 2 amide bonds. The summed E-state index contributed by atoms with van der Waals surface area (Å²) in [5, 5.41) is 11.1.